The van der Waals surface area contributed by atoms with Gasteiger partial charge in [-0.2, -0.15) is 0 Å². The molecule has 2 aromatic rings. The molecule has 1 N–H and O–H groups in total. The lowest BCUT2D eigenvalue weighted by Gasteiger charge is -2.07. The van der Waals surface area contributed by atoms with Crippen LogP contribution in [-0.4, -0.2) is 18.1 Å². The summed E-state index contributed by atoms with van der Waals surface area (Å²) in [6, 6.07) is 10.4. The van der Waals surface area contributed by atoms with Crippen molar-refractivity contribution < 1.29 is 4.74 Å². The highest BCUT2D eigenvalue weighted by atomic mass is 32.1. The molecule has 0 aliphatic rings. The van der Waals surface area contributed by atoms with Crippen molar-refractivity contribution >= 4 is 11.3 Å². The predicted molar refractivity (Wildman–Crippen MR) is 89.4 cm³/mol. The van der Waals surface area contributed by atoms with Crippen molar-refractivity contribution in [2.24, 2.45) is 5.92 Å². The number of hydrogen-bond donors (Lipinski definition) is 1. The van der Waals surface area contributed by atoms with Crippen LogP contribution < -0.4 is 5.32 Å². The van der Waals surface area contributed by atoms with Gasteiger partial charge in [0.2, 0.25) is 0 Å². The molecule has 0 fully saturated rings. The number of rotatable bonds is 8. The topological polar surface area (TPSA) is 34.1 Å². The molecule has 3 nitrogen and oxygen atoms in total. The molecule has 0 bridgehead atoms. The molecule has 0 aliphatic heterocycles. The van der Waals surface area contributed by atoms with Gasteiger partial charge in [0.15, 0.2) is 0 Å². The van der Waals surface area contributed by atoms with E-state index in [2.05, 4.69) is 43.4 Å². The average molecular weight is 304 g/mol. The zero-order valence-corrected chi connectivity index (χ0v) is 13.9. The molecule has 21 heavy (non-hydrogen) atoms. The zero-order valence-electron chi connectivity index (χ0n) is 13.1. The molecule has 1 aromatic carbocycles. The number of thiazole rings is 1. The van der Waals surface area contributed by atoms with Crippen LogP contribution >= 0.6 is 11.3 Å². The molecule has 0 amide bonds. The van der Waals surface area contributed by atoms with Crippen molar-refractivity contribution in [1.82, 2.24) is 10.3 Å². The van der Waals surface area contributed by atoms with E-state index in [1.165, 1.54) is 10.4 Å². The van der Waals surface area contributed by atoms with Crippen LogP contribution in [0.4, 0.5) is 0 Å². The molecule has 2 rings (SSSR count). The van der Waals surface area contributed by atoms with Crippen LogP contribution in [0.5, 0.6) is 0 Å². The maximum absolute atomic E-state index is 5.49. The Morgan fingerprint density at radius 3 is 2.67 bits per heavy atom. The Morgan fingerprint density at radius 2 is 2.00 bits per heavy atom. The molecule has 0 radical (unpaired) electrons. The van der Waals surface area contributed by atoms with Gasteiger partial charge in [-0.05, 0) is 19.4 Å². The van der Waals surface area contributed by atoms with Crippen LogP contribution in [0.15, 0.2) is 30.3 Å². The third-order valence-electron chi connectivity index (χ3n) is 3.06. The summed E-state index contributed by atoms with van der Waals surface area (Å²) in [6.07, 6.45) is 0. The number of ether oxygens (including phenoxy) is 1. The molecule has 4 heteroatoms. The van der Waals surface area contributed by atoms with Crippen LogP contribution in [0.1, 0.15) is 30.7 Å². The molecule has 1 aromatic heterocycles. The highest BCUT2D eigenvalue weighted by Crippen LogP contribution is 2.28. The molecule has 0 aliphatic carbocycles. The van der Waals surface area contributed by atoms with Gasteiger partial charge >= 0.3 is 0 Å². The first kappa shape index (κ1) is 16.1. The number of hydrogen-bond acceptors (Lipinski definition) is 4. The lowest BCUT2D eigenvalue weighted by Crippen LogP contribution is -2.18. The van der Waals surface area contributed by atoms with Crippen molar-refractivity contribution in [2.75, 3.05) is 13.2 Å². The summed E-state index contributed by atoms with van der Waals surface area (Å²) in [5.41, 5.74) is 2.27. The normalized spacial score (nSPS) is 11.2. The minimum Gasteiger partial charge on any atom is -0.375 e. The van der Waals surface area contributed by atoms with E-state index >= 15 is 0 Å². The summed E-state index contributed by atoms with van der Waals surface area (Å²) in [6.45, 7) is 9.67. The number of benzene rings is 1. The first-order valence-corrected chi connectivity index (χ1v) is 8.34. The van der Waals surface area contributed by atoms with E-state index in [0.29, 0.717) is 12.5 Å². The summed E-state index contributed by atoms with van der Waals surface area (Å²) in [5.74, 6) is 0.654. The highest BCUT2D eigenvalue weighted by Gasteiger charge is 2.13. The highest BCUT2D eigenvalue weighted by molar-refractivity contribution is 7.12. The Balaban J connectivity index is 2.17. The quantitative estimate of drug-likeness (QED) is 0.797. The predicted octanol–water partition coefficient (Wildman–Crippen LogP) is 4.09. The Hall–Kier alpha value is -1.23. The summed E-state index contributed by atoms with van der Waals surface area (Å²) in [4.78, 5) is 6.06. The van der Waals surface area contributed by atoms with Crippen LogP contribution in [0, 0.1) is 5.92 Å². The summed E-state index contributed by atoms with van der Waals surface area (Å²) < 4.78 is 5.49. The SMILES string of the molecule is CCOCc1nc(-c2ccccc2)c(CNCC(C)C)s1. The van der Waals surface area contributed by atoms with E-state index in [0.717, 1.165) is 30.4 Å². The Morgan fingerprint density at radius 1 is 1.24 bits per heavy atom. The van der Waals surface area contributed by atoms with Gasteiger partial charge in [0.25, 0.3) is 0 Å². The molecular weight excluding hydrogens is 280 g/mol. The van der Waals surface area contributed by atoms with E-state index in [-0.39, 0.29) is 0 Å². The van der Waals surface area contributed by atoms with Gasteiger partial charge in [0.1, 0.15) is 5.01 Å². The molecule has 0 saturated heterocycles. The van der Waals surface area contributed by atoms with Crippen LogP contribution in [0.25, 0.3) is 11.3 Å². The summed E-state index contributed by atoms with van der Waals surface area (Å²) in [5, 5.41) is 4.56. The van der Waals surface area contributed by atoms with Gasteiger partial charge in [-0.15, -0.1) is 11.3 Å². The van der Waals surface area contributed by atoms with Crippen LogP contribution in [-0.2, 0) is 17.9 Å². The van der Waals surface area contributed by atoms with Gasteiger partial charge in [-0.3, -0.25) is 0 Å². The van der Waals surface area contributed by atoms with Crippen molar-refractivity contribution in [3.05, 3.63) is 40.2 Å². The first-order chi connectivity index (χ1) is 10.2. The maximum atomic E-state index is 5.49. The van der Waals surface area contributed by atoms with E-state index in [9.17, 15) is 0 Å². The summed E-state index contributed by atoms with van der Waals surface area (Å²) >= 11 is 1.75. The monoisotopic (exact) mass is 304 g/mol. The fourth-order valence-corrected chi connectivity index (χ4v) is 3.07. The van der Waals surface area contributed by atoms with Crippen molar-refractivity contribution in [1.29, 1.82) is 0 Å². The molecular formula is C17H24N2OS. The van der Waals surface area contributed by atoms with Crippen LogP contribution in [0.3, 0.4) is 0 Å². The molecule has 0 spiro atoms. The van der Waals surface area contributed by atoms with Crippen molar-refractivity contribution in [3.63, 3.8) is 0 Å². The molecule has 0 unspecified atom stereocenters. The van der Waals surface area contributed by atoms with Crippen molar-refractivity contribution in [2.45, 2.75) is 33.9 Å². The fourth-order valence-electron chi connectivity index (χ4n) is 2.07. The maximum Gasteiger partial charge on any atom is 0.119 e. The van der Waals surface area contributed by atoms with Gasteiger partial charge < -0.3 is 10.1 Å². The third kappa shape index (κ3) is 4.92. The van der Waals surface area contributed by atoms with E-state index in [4.69, 9.17) is 9.72 Å². The number of aromatic nitrogens is 1. The van der Waals surface area contributed by atoms with Gasteiger partial charge in [0, 0.05) is 23.6 Å². The largest absolute Gasteiger partial charge is 0.375 e. The number of nitrogens with one attached hydrogen (secondary N) is 1. The molecule has 114 valence electrons. The Kier molecular flexibility index (Phi) is 6.36. The lowest BCUT2D eigenvalue weighted by molar-refractivity contribution is 0.134. The minimum atomic E-state index is 0.602. The Labute approximate surface area is 131 Å². The lowest BCUT2D eigenvalue weighted by atomic mass is 10.1. The molecule has 1 heterocycles. The van der Waals surface area contributed by atoms with Crippen LogP contribution in [0.2, 0.25) is 0 Å². The molecule has 0 atom stereocenters. The first-order valence-electron chi connectivity index (χ1n) is 7.53. The van der Waals surface area contributed by atoms with Gasteiger partial charge in [-0.1, -0.05) is 44.2 Å². The fraction of sp³-hybridized carbons (Fsp3) is 0.471. The average Bonchev–Trinajstić information content (AvgIpc) is 2.89. The minimum absolute atomic E-state index is 0.602. The van der Waals surface area contributed by atoms with E-state index < -0.39 is 0 Å². The standard InChI is InChI=1S/C17H24N2OS/c1-4-20-12-16-19-17(14-8-6-5-7-9-14)15(21-16)11-18-10-13(2)3/h5-9,13,18H,4,10-12H2,1-3H3. The molecule has 0 saturated carbocycles. The van der Waals surface area contributed by atoms with Crippen molar-refractivity contribution in [3.8, 4) is 11.3 Å². The van der Waals surface area contributed by atoms with Gasteiger partial charge in [-0.25, -0.2) is 4.98 Å². The van der Waals surface area contributed by atoms with Gasteiger partial charge in [0.05, 0.1) is 12.3 Å². The van der Waals surface area contributed by atoms with E-state index in [1.807, 2.05) is 13.0 Å². The second kappa shape index (κ2) is 8.27. The smallest absolute Gasteiger partial charge is 0.119 e. The summed E-state index contributed by atoms with van der Waals surface area (Å²) in [7, 11) is 0. The third-order valence-corrected chi connectivity index (χ3v) is 4.09. The Bertz CT molecular complexity index is 537. The second-order valence-electron chi connectivity index (χ2n) is 5.41. The number of nitrogens with zero attached hydrogens (tertiary/aromatic N) is 1. The van der Waals surface area contributed by atoms with E-state index in [1.54, 1.807) is 11.3 Å². The zero-order chi connectivity index (χ0) is 15.1. The second-order valence-corrected chi connectivity index (χ2v) is 6.58.